The first-order valence-corrected chi connectivity index (χ1v) is 10.3. The molecule has 0 radical (unpaired) electrons. The van der Waals surface area contributed by atoms with Gasteiger partial charge in [0.05, 0.1) is 18.3 Å². The number of nitrogens with zero attached hydrogens (tertiary/aromatic N) is 3. The van der Waals surface area contributed by atoms with Crippen LogP contribution in [0.15, 0.2) is 77.7 Å². The number of rotatable bonds is 7. The van der Waals surface area contributed by atoms with Crippen LogP contribution in [0, 0.1) is 0 Å². The van der Waals surface area contributed by atoms with Crippen LogP contribution in [0.2, 0.25) is 0 Å². The van der Waals surface area contributed by atoms with Gasteiger partial charge in [0.2, 0.25) is 0 Å². The third kappa shape index (κ3) is 5.00. The van der Waals surface area contributed by atoms with Gasteiger partial charge in [-0.3, -0.25) is 9.69 Å². The molecule has 0 spiro atoms. The molecule has 29 heavy (non-hydrogen) atoms. The number of aromatic nitrogens is 2. The van der Waals surface area contributed by atoms with Crippen LogP contribution >= 0.6 is 0 Å². The average molecular weight is 389 g/mol. The fourth-order valence-electron chi connectivity index (χ4n) is 3.82. The summed E-state index contributed by atoms with van der Waals surface area (Å²) in [5.74, 6) is 0. The zero-order valence-corrected chi connectivity index (χ0v) is 16.6. The molecule has 0 aliphatic carbocycles. The van der Waals surface area contributed by atoms with Gasteiger partial charge in [-0.25, -0.2) is 4.68 Å². The van der Waals surface area contributed by atoms with E-state index in [0.717, 1.165) is 44.6 Å². The van der Waals surface area contributed by atoms with Crippen molar-refractivity contribution in [1.82, 2.24) is 14.7 Å². The van der Waals surface area contributed by atoms with Crippen molar-refractivity contribution in [1.29, 1.82) is 0 Å². The van der Waals surface area contributed by atoms with E-state index in [9.17, 15) is 4.79 Å². The van der Waals surface area contributed by atoms with Crippen LogP contribution in [0.5, 0.6) is 0 Å². The van der Waals surface area contributed by atoms with Crippen molar-refractivity contribution in [3.63, 3.8) is 0 Å². The van der Waals surface area contributed by atoms with Crippen LogP contribution in [0.25, 0.3) is 11.1 Å². The summed E-state index contributed by atoms with van der Waals surface area (Å²) in [6.07, 6.45) is 3.83. The van der Waals surface area contributed by atoms with Gasteiger partial charge >= 0.3 is 0 Å². The highest BCUT2D eigenvalue weighted by atomic mass is 16.5. The molecule has 150 valence electrons. The molecule has 2 aromatic carbocycles. The second-order valence-electron chi connectivity index (χ2n) is 7.42. The first-order chi connectivity index (χ1) is 14.3. The van der Waals surface area contributed by atoms with E-state index in [1.165, 1.54) is 5.56 Å². The van der Waals surface area contributed by atoms with E-state index in [4.69, 9.17) is 4.74 Å². The van der Waals surface area contributed by atoms with Crippen LogP contribution in [0.1, 0.15) is 24.5 Å². The SMILES string of the molecule is O=c1c(-c2ccccc2)ccnn1CCCCN1CCOC(c2ccccc2)C1. The second-order valence-corrected chi connectivity index (χ2v) is 7.42. The largest absolute Gasteiger partial charge is 0.371 e. The van der Waals surface area contributed by atoms with Crippen LogP contribution in [0.4, 0.5) is 0 Å². The van der Waals surface area contributed by atoms with E-state index in [1.54, 1.807) is 16.9 Å². The maximum atomic E-state index is 12.7. The molecule has 1 aliphatic rings. The minimum absolute atomic E-state index is 0.0192. The van der Waals surface area contributed by atoms with Gasteiger partial charge in [-0.2, -0.15) is 5.10 Å². The van der Waals surface area contributed by atoms with Crippen LogP contribution in [0.3, 0.4) is 0 Å². The lowest BCUT2D eigenvalue weighted by atomic mass is 10.1. The van der Waals surface area contributed by atoms with Crippen molar-refractivity contribution >= 4 is 0 Å². The molecule has 1 aliphatic heterocycles. The molecule has 5 nitrogen and oxygen atoms in total. The number of benzene rings is 2. The number of unbranched alkanes of at least 4 members (excludes halogenated alkanes) is 1. The summed E-state index contributed by atoms with van der Waals surface area (Å²) in [5.41, 5.74) is 2.87. The molecule has 1 fully saturated rings. The highest BCUT2D eigenvalue weighted by Crippen LogP contribution is 2.22. The minimum atomic E-state index is -0.0192. The summed E-state index contributed by atoms with van der Waals surface area (Å²) in [5, 5.41) is 4.27. The van der Waals surface area contributed by atoms with Gasteiger partial charge in [-0.1, -0.05) is 60.7 Å². The smallest absolute Gasteiger partial charge is 0.274 e. The molecule has 0 bridgehead atoms. The molecular weight excluding hydrogens is 362 g/mol. The monoisotopic (exact) mass is 389 g/mol. The Balaban J connectivity index is 1.29. The highest BCUT2D eigenvalue weighted by molar-refractivity contribution is 5.61. The Labute approximate surface area is 171 Å². The molecule has 0 saturated carbocycles. The zero-order chi connectivity index (χ0) is 19.9. The predicted octanol–water partition coefficient (Wildman–Crippen LogP) is 3.76. The van der Waals surface area contributed by atoms with Crippen molar-refractivity contribution in [2.45, 2.75) is 25.5 Å². The van der Waals surface area contributed by atoms with E-state index in [-0.39, 0.29) is 11.7 Å². The van der Waals surface area contributed by atoms with Gasteiger partial charge in [0.1, 0.15) is 0 Å². The van der Waals surface area contributed by atoms with Crippen molar-refractivity contribution in [3.8, 4) is 11.1 Å². The molecule has 1 saturated heterocycles. The quantitative estimate of drug-likeness (QED) is 0.577. The molecule has 1 atom stereocenters. The summed E-state index contributed by atoms with van der Waals surface area (Å²) < 4.78 is 7.54. The molecule has 3 aromatic rings. The van der Waals surface area contributed by atoms with E-state index in [2.05, 4.69) is 34.3 Å². The second kappa shape index (κ2) is 9.63. The molecule has 0 amide bonds. The first-order valence-electron chi connectivity index (χ1n) is 10.3. The summed E-state index contributed by atoms with van der Waals surface area (Å²) >= 11 is 0. The molecule has 4 rings (SSSR count). The normalized spacial score (nSPS) is 17.3. The van der Waals surface area contributed by atoms with E-state index >= 15 is 0 Å². The maximum absolute atomic E-state index is 12.7. The van der Waals surface area contributed by atoms with Gasteiger partial charge in [0, 0.05) is 25.8 Å². The number of hydrogen-bond donors (Lipinski definition) is 0. The first kappa shape index (κ1) is 19.6. The number of morpholine rings is 1. The van der Waals surface area contributed by atoms with Crippen molar-refractivity contribution in [3.05, 3.63) is 88.8 Å². The summed E-state index contributed by atoms with van der Waals surface area (Å²) in [4.78, 5) is 15.2. The molecule has 0 N–H and O–H groups in total. The topological polar surface area (TPSA) is 47.4 Å². The Kier molecular flexibility index (Phi) is 6.49. The van der Waals surface area contributed by atoms with Crippen LogP contribution in [-0.2, 0) is 11.3 Å². The van der Waals surface area contributed by atoms with E-state index in [1.807, 2.05) is 36.4 Å². The molecular formula is C24H27N3O2. The number of hydrogen-bond acceptors (Lipinski definition) is 4. The van der Waals surface area contributed by atoms with Gasteiger partial charge in [0.25, 0.3) is 5.56 Å². The Hall–Kier alpha value is -2.76. The summed E-state index contributed by atoms with van der Waals surface area (Å²) in [7, 11) is 0. The molecule has 1 unspecified atom stereocenters. The lowest BCUT2D eigenvalue weighted by Gasteiger charge is -2.33. The third-order valence-electron chi connectivity index (χ3n) is 5.41. The van der Waals surface area contributed by atoms with E-state index in [0.29, 0.717) is 12.1 Å². The lowest BCUT2D eigenvalue weighted by Crippen LogP contribution is -2.39. The van der Waals surface area contributed by atoms with Crippen molar-refractivity contribution < 1.29 is 4.74 Å². The van der Waals surface area contributed by atoms with E-state index < -0.39 is 0 Å². The lowest BCUT2D eigenvalue weighted by molar-refractivity contribution is -0.0304. The van der Waals surface area contributed by atoms with Crippen molar-refractivity contribution in [2.75, 3.05) is 26.2 Å². The fourth-order valence-corrected chi connectivity index (χ4v) is 3.82. The Morgan fingerprint density at radius 1 is 0.931 bits per heavy atom. The summed E-state index contributed by atoms with van der Waals surface area (Å²) in [6, 6.07) is 22.0. The van der Waals surface area contributed by atoms with Gasteiger partial charge in [0.15, 0.2) is 0 Å². The maximum Gasteiger partial charge on any atom is 0.274 e. The Bertz CT molecular complexity index is 957. The number of ether oxygens (including phenoxy) is 1. The fraction of sp³-hybridized carbons (Fsp3) is 0.333. The Morgan fingerprint density at radius 2 is 1.66 bits per heavy atom. The van der Waals surface area contributed by atoms with Crippen molar-refractivity contribution in [2.24, 2.45) is 0 Å². The molecule has 1 aromatic heterocycles. The average Bonchev–Trinajstić information content (AvgIpc) is 2.79. The highest BCUT2D eigenvalue weighted by Gasteiger charge is 2.21. The van der Waals surface area contributed by atoms with Crippen LogP contribution < -0.4 is 5.56 Å². The van der Waals surface area contributed by atoms with Crippen LogP contribution in [-0.4, -0.2) is 40.9 Å². The standard InChI is InChI=1S/C24H27N3O2/c28-24-22(20-9-3-1-4-10-20)13-14-25-27(24)16-8-7-15-26-17-18-29-23(19-26)21-11-5-2-6-12-21/h1-6,9-14,23H,7-8,15-19H2. The zero-order valence-electron chi connectivity index (χ0n) is 16.6. The Morgan fingerprint density at radius 3 is 2.45 bits per heavy atom. The molecule has 2 heterocycles. The van der Waals surface area contributed by atoms with Gasteiger partial charge in [-0.15, -0.1) is 0 Å². The predicted molar refractivity (Wildman–Crippen MR) is 115 cm³/mol. The summed E-state index contributed by atoms with van der Waals surface area (Å²) in [6.45, 7) is 4.31. The van der Waals surface area contributed by atoms with Gasteiger partial charge in [-0.05, 0) is 36.6 Å². The number of aryl methyl sites for hydroxylation is 1. The molecule has 5 heteroatoms. The van der Waals surface area contributed by atoms with Gasteiger partial charge < -0.3 is 4.74 Å². The third-order valence-corrected chi connectivity index (χ3v) is 5.41. The minimum Gasteiger partial charge on any atom is -0.371 e.